The fourth-order valence-corrected chi connectivity index (χ4v) is 3.77. The van der Waals surface area contributed by atoms with Crippen LogP contribution in [0.1, 0.15) is 56.5 Å². The van der Waals surface area contributed by atoms with Gasteiger partial charge >= 0.3 is 0 Å². The van der Waals surface area contributed by atoms with Crippen molar-refractivity contribution in [2.45, 2.75) is 53.6 Å². The van der Waals surface area contributed by atoms with Crippen LogP contribution in [0.25, 0.3) is 0 Å². The van der Waals surface area contributed by atoms with Gasteiger partial charge in [-0.2, -0.15) is 0 Å². The van der Waals surface area contributed by atoms with Crippen LogP contribution in [0.15, 0.2) is 30.3 Å². The van der Waals surface area contributed by atoms with Crippen molar-refractivity contribution >= 4 is 17.4 Å². The second-order valence-electron chi connectivity index (χ2n) is 9.23. The Bertz CT molecular complexity index is 867. The molecule has 3 rings (SSSR count). The van der Waals surface area contributed by atoms with E-state index in [2.05, 4.69) is 10.2 Å². The second-order valence-corrected chi connectivity index (χ2v) is 9.23. The Morgan fingerprint density at radius 3 is 2.57 bits per heavy atom. The van der Waals surface area contributed by atoms with E-state index in [4.69, 9.17) is 9.72 Å². The van der Waals surface area contributed by atoms with Gasteiger partial charge in [0.15, 0.2) is 0 Å². The van der Waals surface area contributed by atoms with E-state index in [0.717, 1.165) is 47.8 Å². The summed E-state index contributed by atoms with van der Waals surface area (Å²) in [6, 6.07) is 8.55. The molecule has 2 aromatic rings. The van der Waals surface area contributed by atoms with Gasteiger partial charge in [-0.1, -0.05) is 32.9 Å². The summed E-state index contributed by atoms with van der Waals surface area (Å²) in [5.74, 6) is 0.662. The van der Waals surface area contributed by atoms with Crippen LogP contribution in [0.2, 0.25) is 0 Å². The van der Waals surface area contributed by atoms with Crippen LogP contribution in [-0.4, -0.2) is 30.6 Å². The predicted molar refractivity (Wildman–Crippen MR) is 118 cm³/mol. The molecule has 1 atom stereocenters. The zero-order chi connectivity index (χ0) is 21.9. The number of nitrogens with zero attached hydrogens (tertiary/aromatic N) is 2. The largest absolute Gasteiger partial charge is 0.372 e. The van der Waals surface area contributed by atoms with Gasteiger partial charge in [-0.3, -0.25) is 4.79 Å². The maximum absolute atomic E-state index is 13.2. The lowest BCUT2D eigenvalue weighted by atomic mass is 9.92. The quantitative estimate of drug-likeness (QED) is 0.750. The second kappa shape index (κ2) is 9.13. The number of rotatable bonds is 4. The summed E-state index contributed by atoms with van der Waals surface area (Å²) >= 11 is 0. The predicted octanol–water partition coefficient (Wildman–Crippen LogP) is 5.18. The van der Waals surface area contributed by atoms with Crippen molar-refractivity contribution in [3.8, 4) is 0 Å². The van der Waals surface area contributed by atoms with Gasteiger partial charge in [-0.05, 0) is 55.0 Å². The van der Waals surface area contributed by atoms with Crippen LogP contribution >= 0.6 is 0 Å². The van der Waals surface area contributed by atoms with Gasteiger partial charge in [0.2, 0.25) is 5.91 Å². The molecule has 2 heterocycles. The van der Waals surface area contributed by atoms with Gasteiger partial charge in [-0.25, -0.2) is 9.37 Å². The molecule has 1 aliphatic rings. The van der Waals surface area contributed by atoms with Crippen molar-refractivity contribution in [2.75, 3.05) is 29.9 Å². The number of hydrogen-bond donors (Lipinski definition) is 1. The molecule has 1 aromatic carbocycles. The molecule has 1 saturated heterocycles. The lowest BCUT2D eigenvalue weighted by Gasteiger charge is -2.24. The van der Waals surface area contributed by atoms with Crippen molar-refractivity contribution in [3.63, 3.8) is 0 Å². The third kappa shape index (κ3) is 5.79. The first-order chi connectivity index (χ1) is 14.1. The highest BCUT2D eigenvalue weighted by molar-refractivity contribution is 5.92. The van der Waals surface area contributed by atoms with Crippen LogP contribution in [0.3, 0.4) is 0 Å². The number of pyridine rings is 1. The number of nitrogens with one attached hydrogen (secondary N) is 1. The van der Waals surface area contributed by atoms with E-state index < -0.39 is 0 Å². The van der Waals surface area contributed by atoms with E-state index in [9.17, 15) is 9.18 Å². The minimum absolute atomic E-state index is 0.00793. The van der Waals surface area contributed by atoms with Crippen molar-refractivity contribution in [3.05, 3.63) is 53.0 Å². The van der Waals surface area contributed by atoms with Crippen molar-refractivity contribution in [2.24, 2.45) is 5.41 Å². The molecule has 1 fully saturated rings. The third-order valence-electron chi connectivity index (χ3n) is 5.25. The number of anilines is 2. The van der Waals surface area contributed by atoms with Crippen LogP contribution < -0.4 is 10.2 Å². The van der Waals surface area contributed by atoms with Crippen molar-refractivity contribution in [1.82, 2.24) is 4.98 Å². The lowest BCUT2D eigenvalue weighted by molar-refractivity contribution is -0.117. The van der Waals surface area contributed by atoms with E-state index in [1.807, 2.05) is 40.7 Å². The minimum atomic E-state index is -0.237. The van der Waals surface area contributed by atoms with Crippen molar-refractivity contribution in [1.29, 1.82) is 0 Å². The molecule has 0 bridgehead atoms. The summed E-state index contributed by atoms with van der Waals surface area (Å²) in [5.41, 5.74) is 3.54. The highest BCUT2D eigenvalue weighted by Gasteiger charge is 2.22. The standard InChI is InChI=1S/C24H32FN3O2/c1-16-14-21(26-17(2)23(16)27-22(29)15-24(3,4)5)28-11-10-20(30-13-12-28)18-6-8-19(25)9-7-18/h6-9,14,20H,10-13,15H2,1-5H3,(H,27,29)/t20-/m1/s1. The maximum atomic E-state index is 13.2. The molecule has 162 valence electrons. The average molecular weight is 414 g/mol. The monoisotopic (exact) mass is 413 g/mol. The number of carbonyl (C=O) groups is 1. The summed E-state index contributed by atoms with van der Waals surface area (Å²) in [6.07, 6.45) is 1.21. The highest BCUT2D eigenvalue weighted by atomic mass is 19.1. The van der Waals surface area contributed by atoms with Gasteiger partial charge in [0.05, 0.1) is 24.1 Å². The number of amides is 1. The highest BCUT2D eigenvalue weighted by Crippen LogP contribution is 2.29. The number of aryl methyl sites for hydroxylation is 2. The van der Waals surface area contributed by atoms with E-state index >= 15 is 0 Å². The molecule has 1 aromatic heterocycles. The summed E-state index contributed by atoms with van der Waals surface area (Å²) in [4.78, 5) is 19.3. The smallest absolute Gasteiger partial charge is 0.224 e. The first-order valence-corrected chi connectivity index (χ1v) is 10.5. The Kier molecular flexibility index (Phi) is 6.76. The fraction of sp³-hybridized carbons (Fsp3) is 0.500. The fourth-order valence-electron chi connectivity index (χ4n) is 3.77. The van der Waals surface area contributed by atoms with Gasteiger partial charge in [0, 0.05) is 19.5 Å². The van der Waals surface area contributed by atoms with Crippen LogP contribution in [0.4, 0.5) is 15.9 Å². The maximum Gasteiger partial charge on any atom is 0.224 e. The molecule has 1 amide bonds. The first-order valence-electron chi connectivity index (χ1n) is 10.5. The number of carbonyl (C=O) groups excluding carboxylic acids is 1. The van der Waals surface area contributed by atoms with E-state index in [0.29, 0.717) is 13.0 Å². The van der Waals surface area contributed by atoms with Crippen LogP contribution in [0, 0.1) is 25.1 Å². The molecule has 5 nitrogen and oxygen atoms in total. The molecule has 0 aliphatic carbocycles. The van der Waals surface area contributed by atoms with Gasteiger partial charge in [-0.15, -0.1) is 0 Å². The molecule has 30 heavy (non-hydrogen) atoms. The van der Waals surface area contributed by atoms with Crippen molar-refractivity contribution < 1.29 is 13.9 Å². The summed E-state index contributed by atoms with van der Waals surface area (Å²) in [6.45, 7) is 12.2. The summed E-state index contributed by atoms with van der Waals surface area (Å²) in [7, 11) is 0. The Morgan fingerprint density at radius 1 is 1.23 bits per heavy atom. The number of halogens is 1. The molecule has 0 radical (unpaired) electrons. The molecule has 0 saturated carbocycles. The van der Waals surface area contributed by atoms with Crippen LogP contribution in [0.5, 0.6) is 0 Å². The van der Waals surface area contributed by atoms with E-state index in [1.165, 1.54) is 12.1 Å². The van der Waals surface area contributed by atoms with E-state index in [1.54, 1.807) is 12.1 Å². The molecule has 0 spiro atoms. The Labute approximate surface area is 178 Å². The van der Waals surface area contributed by atoms with Gasteiger partial charge < -0.3 is 15.0 Å². The lowest BCUT2D eigenvalue weighted by Crippen LogP contribution is -2.27. The summed E-state index contributed by atoms with van der Waals surface area (Å²) < 4.78 is 19.2. The number of aromatic nitrogens is 1. The number of ether oxygens (including phenoxy) is 1. The molecule has 1 aliphatic heterocycles. The first kappa shape index (κ1) is 22.2. The van der Waals surface area contributed by atoms with Crippen LogP contribution in [-0.2, 0) is 9.53 Å². The number of hydrogen-bond acceptors (Lipinski definition) is 4. The summed E-state index contributed by atoms with van der Waals surface area (Å²) in [5, 5.41) is 3.04. The Morgan fingerprint density at radius 2 is 1.93 bits per heavy atom. The third-order valence-corrected chi connectivity index (χ3v) is 5.25. The topological polar surface area (TPSA) is 54.5 Å². The van der Waals surface area contributed by atoms with E-state index in [-0.39, 0.29) is 23.2 Å². The molecule has 0 unspecified atom stereocenters. The molecule has 1 N–H and O–H groups in total. The zero-order valence-corrected chi connectivity index (χ0v) is 18.6. The molecular weight excluding hydrogens is 381 g/mol. The molecular formula is C24H32FN3O2. The Hall–Kier alpha value is -2.47. The Balaban J connectivity index is 1.70. The van der Waals surface area contributed by atoms with Gasteiger partial charge in [0.1, 0.15) is 11.6 Å². The minimum Gasteiger partial charge on any atom is -0.372 e. The number of benzene rings is 1. The normalized spacial score (nSPS) is 17.5. The zero-order valence-electron chi connectivity index (χ0n) is 18.6. The van der Waals surface area contributed by atoms with Gasteiger partial charge in [0.25, 0.3) is 0 Å². The SMILES string of the molecule is Cc1cc(N2CCO[C@@H](c3ccc(F)cc3)CC2)nc(C)c1NC(=O)CC(C)(C)C. The average Bonchev–Trinajstić information content (AvgIpc) is 2.90. The molecule has 6 heteroatoms.